The van der Waals surface area contributed by atoms with E-state index in [-0.39, 0.29) is 30.3 Å². The van der Waals surface area contributed by atoms with E-state index in [9.17, 15) is 14.4 Å². The predicted octanol–water partition coefficient (Wildman–Crippen LogP) is 3.08. The van der Waals surface area contributed by atoms with Crippen molar-refractivity contribution in [2.24, 2.45) is 0 Å². The molecule has 2 aromatic rings. The van der Waals surface area contributed by atoms with Gasteiger partial charge in [0.2, 0.25) is 5.91 Å². The smallest absolute Gasteiger partial charge is 0.287 e. The zero-order valence-corrected chi connectivity index (χ0v) is 18.9. The number of nitrogens with one attached hydrogen (secondary N) is 2. The molecule has 0 unspecified atom stereocenters. The number of benzene rings is 1. The van der Waals surface area contributed by atoms with Gasteiger partial charge in [0, 0.05) is 24.7 Å². The number of para-hydroxylation sites is 2. The maximum atomic E-state index is 13.6. The van der Waals surface area contributed by atoms with Crippen molar-refractivity contribution in [1.82, 2.24) is 10.2 Å². The lowest BCUT2D eigenvalue weighted by Gasteiger charge is -2.45. The molecule has 2 fully saturated rings. The summed E-state index contributed by atoms with van der Waals surface area (Å²) in [6.45, 7) is 3.54. The second-order valence-electron chi connectivity index (χ2n) is 9.40. The van der Waals surface area contributed by atoms with Crippen LogP contribution in [0.5, 0.6) is 0 Å². The van der Waals surface area contributed by atoms with Crippen LogP contribution in [0.1, 0.15) is 54.6 Å². The van der Waals surface area contributed by atoms with Gasteiger partial charge in [-0.1, -0.05) is 25.0 Å². The lowest BCUT2D eigenvalue weighted by molar-refractivity contribution is -0.128. The SMILES string of the molecule is Cc1ccoc1C(=O)NC1CCN(CC(=O)N2c3ccccc3NC(=O)C23CCCC3)CC1. The van der Waals surface area contributed by atoms with Crippen molar-refractivity contribution < 1.29 is 18.8 Å². The molecule has 8 heteroatoms. The zero-order valence-electron chi connectivity index (χ0n) is 18.9. The highest BCUT2D eigenvalue weighted by molar-refractivity contribution is 6.15. The zero-order chi connectivity index (χ0) is 23.0. The number of hydrogen-bond donors (Lipinski definition) is 2. The second-order valence-corrected chi connectivity index (χ2v) is 9.40. The van der Waals surface area contributed by atoms with Gasteiger partial charge < -0.3 is 15.1 Å². The summed E-state index contributed by atoms with van der Waals surface area (Å²) in [5, 5.41) is 6.08. The third kappa shape index (κ3) is 3.93. The number of piperidine rings is 1. The standard InChI is InChI=1S/C25H30N4O4/c1-17-10-15-33-22(17)23(31)26-18-8-13-28(14-9-18)16-21(30)29-20-7-3-2-6-19(20)27-24(32)25(29)11-4-5-12-25/h2-3,6-7,10,15,18H,4-5,8-9,11-14,16H2,1H3,(H,26,31)(H,27,32). The van der Waals surface area contributed by atoms with Crippen LogP contribution in [0.2, 0.25) is 0 Å². The molecule has 3 aliphatic rings. The van der Waals surface area contributed by atoms with Gasteiger partial charge in [-0.05, 0) is 50.8 Å². The van der Waals surface area contributed by atoms with Crippen molar-refractivity contribution in [3.63, 3.8) is 0 Å². The molecule has 33 heavy (non-hydrogen) atoms. The number of likely N-dealkylation sites (tertiary alicyclic amines) is 1. The van der Waals surface area contributed by atoms with E-state index >= 15 is 0 Å². The van der Waals surface area contributed by atoms with Crippen LogP contribution in [0.3, 0.4) is 0 Å². The number of carbonyl (C=O) groups is 3. The number of aryl methyl sites for hydroxylation is 1. The first kappa shape index (κ1) is 21.7. The summed E-state index contributed by atoms with van der Waals surface area (Å²) in [5.74, 6) is 0.0669. The van der Waals surface area contributed by atoms with E-state index in [2.05, 4.69) is 15.5 Å². The van der Waals surface area contributed by atoms with E-state index in [1.807, 2.05) is 31.2 Å². The lowest BCUT2D eigenvalue weighted by Crippen LogP contribution is -2.62. The average Bonchev–Trinajstić information content (AvgIpc) is 3.46. The summed E-state index contributed by atoms with van der Waals surface area (Å²) in [5.41, 5.74) is 1.53. The van der Waals surface area contributed by atoms with Crippen LogP contribution in [0, 0.1) is 6.92 Å². The number of rotatable bonds is 4. The Labute approximate surface area is 193 Å². The molecule has 1 saturated heterocycles. The predicted molar refractivity (Wildman–Crippen MR) is 124 cm³/mol. The second kappa shape index (κ2) is 8.67. The highest BCUT2D eigenvalue weighted by Gasteiger charge is 2.52. The van der Waals surface area contributed by atoms with Crippen molar-refractivity contribution in [3.05, 3.63) is 47.9 Å². The van der Waals surface area contributed by atoms with E-state index < -0.39 is 5.54 Å². The van der Waals surface area contributed by atoms with Crippen LogP contribution >= 0.6 is 0 Å². The van der Waals surface area contributed by atoms with Crippen molar-refractivity contribution in [3.8, 4) is 0 Å². The van der Waals surface area contributed by atoms with E-state index in [1.165, 1.54) is 6.26 Å². The van der Waals surface area contributed by atoms with Gasteiger partial charge in [-0.15, -0.1) is 0 Å². The molecule has 2 N–H and O–H groups in total. The van der Waals surface area contributed by atoms with E-state index in [1.54, 1.807) is 11.0 Å². The molecule has 3 heterocycles. The van der Waals surface area contributed by atoms with Crippen molar-refractivity contribution in [1.29, 1.82) is 0 Å². The van der Waals surface area contributed by atoms with Crippen LogP contribution < -0.4 is 15.5 Å². The van der Waals surface area contributed by atoms with E-state index in [0.717, 1.165) is 36.9 Å². The summed E-state index contributed by atoms with van der Waals surface area (Å²) >= 11 is 0. The van der Waals surface area contributed by atoms with Gasteiger partial charge in [0.25, 0.3) is 11.8 Å². The molecular formula is C25H30N4O4. The molecule has 174 valence electrons. The van der Waals surface area contributed by atoms with Gasteiger partial charge in [-0.2, -0.15) is 0 Å². The molecule has 8 nitrogen and oxygen atoms in total. The van der Waals surface area contributed by atoms with Crippen LogP contribution in [-0.2, 0) is 9.59 Å². The minimum absolute atomic E-state index is 0.0344. The highest BCUT2D eigenvalue weighted by Crippen LogP contribution is 2.45. The van der Waals surface area contributed by atoms with Crippen molar-refractivity contribution >= 4 is 29.1 Å². The number of amides is 3. The minimum atomic E-state index is -0.779. The first-order valence-electron chi connectivity index (χ1n) is 11.8. The Hall–Kier alpha value is -3.13. The Kier molecular flexibility index (Phi) is 5.70. The van der Waals surface area contributed by atoms with Gasteiger partial charge in [0.05, 0.1) is 24.2 Å². The van der Waals surface area contributed by atoms with E-state index in [0.29, 0.717) is 37.4 Å². The summed E-state index contributed by atoms with van der Waals surface area (Å²) < 4.78 is 5.29. The van der Waals surface area contributed by atoms with Crippen LogP contribution in [0.25, 0.3) is 0 Å². The Morgan fingerprint density at radius 1 is 1.15 bits per heavy atom. The fourth-order valence-electron chi connectivity index (χ4n) is 5.48. The van der Waals surface area contributed by atoms with Crippen molar-refractivity contribution in [2.75, 3.05) is 29.9 Å². The first-order valence-corrected chi connectivity index (χ1v) is 11.8. The number of carbonyl (C=O) groups excluding carboxylic acids is 3. The minimum Gasteiger partial charge on any atom is -0.459 e. The Balaban J connectivity index is 1.25. The third-order valence-electron chi connectivity index (χ3n) is 7.27. The molecule has 1 aromatic carbocycles. The van der Waals surface area contributed by atoms with Gasteiger partial charge in [-0.25, -0.2) is 0 Å². The number of nitrogens with zero attached hydrogens (tertiary/aromatic N) is 2. The van der Waals surface area contributed by atoms with Gasteiger partial charge >= 0.3 is 0 Å². The fourth-order valence-corrected chi connectivity index (χ4v) is 5.48. The number of furan rings is 1. The largest absolute Gasteiger partial charge is 0.459 e. The number of anilines is 2. The molecule has 2 aliphatic heterocycles. The fraction of sp³-hybridized carbons (Fsp3) is 0.480. The van der Waals surface area contributed by atoms with Crippen LogP contribution in [-0.4, -0.2) is 53.8 Å². The Bertz CT molecular complexity index is 1060. The van der Waals surface area contributed by atoms with E-state index in [4.69, 9.17) is 4.42 Å². The average molecular weight is 451 g/mol. The van der Waals surface area contributed by atoms with Crippen molar-refractivity contribution in [2.45, 2.75) is 57.0 Å². The summed E-state index contributed by atoms with van der Waals surface area (Å²) in [7, 11) is 0. The lowest BCUT2D eigenvalue weighted by atomic mass is 9.89. The normalized spacial score (nSPS) is 20.5. The summed E-state index contributed by atoms with van der Waals surface area (Å²) in [4.78, 5) is 43.0. The molecule has 3 amide bonds. The summed E-state index contributed by atoms with van der Waals surface area (Å²) in [6.07, 6.45) is 6.33. The van der Waals surface area contributed by atoms with Crippen LogP contribution in [0.15, 0.2) is 41.0 Å². The summed E-state index contributed by atoms with van der Waals surface area (Å²) in [6, 6.07) is 9.39. The molecule has 1 aliphatic carbocycles. The number of hydrogen-bond acceptors (Lipinski definition) is 5. The topological polar surface area (TPSA) is 94.9 Å². The monoisotopic (exact) mass is 450 g/mol. The van der Waals surface area contributed by atoms with Gasteiger partial charge in [-0.3, -0.25) is 24.2 Å². The molecule has 0 bridgehead atoms. The maximum Gasteiger partial charge on any atom is 0.287 e. The molecule has 5 rings (SSSR count). The van der Waals surface area contributed by atoms with Crippen LogP contribution in [0.4, 0.5) is 11.4 Å². The molecule has 1 aromatic heterocycles. The third-order valence-corrected chi connectivity index (χ3v) is 7.27. The first-order chi connectivity index (χ1) is 16.0. The Morgan fingerprint density at radius 3 is 2.58 bits per heavy atom. The highest BCUT2D eigenvalue weighted by atomic mass is 16.3. The van der Waals surface area contributed by atoms with Gasteiger partial charge in [0.1, 0.15) is 5.54 Å². The van der Waals surface area contributed by atoms with Gasteiger partial charge in [0.15, 0.2) is 5.76 Å². The quantitative estimate of drug-likeness (QED) is 0.747. The molecular weight excluding hydrogens is 420 g/mol. The molecule has 1 spiro atoms. The molecule has 1 saturated carbocycles. The maximum absolute atomic E-state index is 13.6. The molecule has 0 atom stereocenters. The number of fused-ring (bicyclic) bond motifs is 1. The molecule has 0 radical (unpaired) electrons. The Morgan fingerprint density at radius 2 is 1.88 bits per heavy atom.